The smallest absolute Gasteiger partial charge is 0.274 e. The van der Waals surface area contributed by atoms with Crippen molar-refractivity contribution in [1.82, 2.24) is 9.97 Å². The summed E-state index contributed by atoms with van der Waals surface area (Å²) in [4.78, 5) is 21.4. The molecule has 0 bridgehead atoms. The zero-order chi connectivity index (χ0) is 18.4. The Morgan fingerprint density at radius 2 is 1.96 bits per heavy atom. The Bertz CT molecular complexity index is 740. The maximum absolute atomic E-state index is 12.7. The zero-order valence-electron chi connectivity index (χ0n) is 15.8. The predicted octanol–water partition coefficient (Wildman–Crippen LogP) is 4.37. The van der Waals surface area contributed by atoms with E-state index < -0.39 is 0 Å². The van der Waals surface area contributed by atoms with Crippen molar-refractivity contribution in [2.45, 2.75) is 47.5 Å². The highest BCUT2D eigenvalue weighted by Crippen LogP contribution is 2.22. The van der Waals surface area contributed by atoms with Gasteiger partial charge >= 0.3 is 0 Å². The summed E-state index contributed by atoms with van der Waals surface area (Å²) in [6.45, 7) is 11.1. The highest BCUT2D eigenvalue weighted by Gasteiger charge is 2.14. The number of para-hydroxylation sites is 1. The van der Waals surface area contributed by atoms with Crippen LogP contribution in [0.25, 0.3) is 0 Å². The number of aromatic nitrogens is 2. The van der Waals surface area contributed by atoms with E-state index in [1.54, 1.807) is 6.07 Å². The van der Waals surface area contributed by atoms with Gasteiger partial charge < -0.3 is 10.6 Å². The molecule has 25 heavy (non-hydrogen) atoms. The van der Waals surface area contributed by atoms with Crippen LogP contribution in [0.15, 0.2) is 24.3 Å². The molecule has 1 amide bonds. The number of amides is 1. The Morgan fingerprint density at radius 1 is 1.20 bits per heavy atom. The largest absolute Gasteiger partial charge is 0.354 e. The molecule has 1 aromatic carbocycles. The van der Waals surface area contributed by atoms with E-state index in [-0.39, 0.29) is 5.91 Å². The number of benzene rings is 1. The Balaban J connectivity index is 2.18. The Kier molecular flexibility index (Phi) is 6.51. The molecule has 0 radical (unpaired) electrons. The lowest BCUT2D eigenvalue weighted by Crippen LogP contribution is -2.18. The number of aryl methyl sites for hydroxylation is 3. The number of rotatable bonds is 7. The molecule has 5 heteroatoms. The molecule has 0 aliphatic carbocycles. The molecule has 0 aliphatic rings. The molecule has 1 heterocycles. The van der Waals surface area contributed by atoms with Crippen LogP contribution in [0, 0.1) is 19.8 Å². The Hall–Kier alpha value is -2.43. The first-order valence-electron chi connectivity index (χ1n) is 8.90. The van der Waals surface area contributed by atoms with Gasteiger partial charge in [-0.05, 0) is 49.8 Å². The van der Waals surface area contributed by atoms with Gasteiger partial charge in [0.1, 0.15) is 5.69 Å². The van der Waals surface area contributed by atoms with Gasteiger partial charge in [0, 0.05) is 17.9 Å². The first kappa shape index (κ1) is 18.9. The molecule has 0 spiro atoms. The van der Waals surface area contributed by atoms with Crippen LogP contribution in [0.2, 0.25) is 0 Å². The third-order valence-electron chi connectivity index (χ3n) is 4.07. The number of hydrogen-bond acceptors (Lipinski definition) is 4. The number of nitrogens with one attached hydrogen (secondary N) is 2. The number of hydrogen-bond donors (Lipinski definition) is 2. The summed E-state index contributed by atoms with van der Waals surface area (Å²) < 4.78 is 0. The molecule has 1 aromatic heterocycles. The molecule has 2 rings (SSSR count). The number of carbonyl (C=O) groups excluding carboxylic acids is 1. The molecule has 0 saturated heterocycles. The van der Waals surface area contributed by atoms with Crippen molar-refractivity contribution in [3.8, 4) is 0 Å². The molecule has 0 unspecified atom stereocenters. The van der Waals surface area contributed by atoms with Crippen molar-refractivity contribution in [2.75, 3.05) is 17.2 Å². The monoisotopic (exact) mass is 340 g/mol. The maximum atomic E-state index is 12.7. The lowest BCUT2D eigenvalue weighted by atomic mass is 10.1. The first-order valence-corrected chi connectivity index (χ1v) is 8.90. The lowest BCUT2D eigenvalue weighted by molar-refractivity contribution is 0.102. The highest BCUT2D eigenvalue weighted by atomic mass is 16.1. The fourth-order valence-corrected chi connectivity index (χ4v) is 2.62. The van der Waals surface area contributed by atoms with Gasteiger partial charge in [-0.3, -0.25) is 4.79 Å². The van der Waals surface area contributed by atoms with Gasteiger partial charge in [-0.25, -0.2) is 9.97 Å². The molecule has 0 saturated carbocycles. The van der Waals surface area contributed by atoms with Gasteiger partial charge in [0.05, 0.1) is 0 Å². The van der Waals surface area contributed by atoms with E-state index in [9.17, 15) is 4.79 Å². The summed E-state index contributed by atoms with van der Waals surface area (Å²) in [5.74, 6) is 0.904. The SMILES string of the molecule is CCc1cccc(C)c1NC(=O)c1cc(C)nc(NCCC(C)C)n1. The van der Waals surface area contributed by atoms with E-state index in [2.05, 4.69) is 41.4 Å². The van der Waals surface area contributed by atoms with Gasteiger partial charge in [-0.15, -0.1) is 0 Å². The van der Waals surface area contributed by atoms with Crippen LogP contribution in [-0.2, 0) is 6.42 Å². The van der Waals surface area contributed by atoms with Crippen LogP contribution in [0.3, 0.4) is 0 Å². The van der Waals surface area contributed by atoms with Gasteiger partial charge in [-0.2, -0.15) is 0 Å². The van der Waals surface area contributed by atoms with Gasteiger partial charge in [0.2, 0.25) is 5.95 Å². The molecule has 0 aliphatic heterocycles. The molecule has 2 aromatic rings. The second-order valence-electron chi connectivity index (χ2n) is 6.74. The van der Waals surface area contributed by atoms with E-state index in [1.165, 1.54) is 0 Å². The van der Waals surface area contributed by atoms with Crippen LogP contribution < -0.4 is 10.6 Å². The number of nitrogens with zero attached hydrogens (tertiary/aromatic N) is 2. The number of anilines is 2. The molecule has 0 fully saturated rings. The molecular weight excluding hydrogens is 312 g/mol. The van der Waals surface area contributed by atoms with Crippen LogP contribution in [0.4, 0.5) is 11.6 Å². The van der Waals surface area contributed by atoms with Crippen LogP contribution in [0.1, 0.15) is 54.5 Å². The standard InChI is InChI=1S/C20H28N4O/c1-6-16-9-7-8-14(4)18(16)24-19(25)17-12-15(5)22-20(23-17)21-11-10-13(2)3/h7-9,12-13H,6,10-11H2,1-5H3,(H,24,25)(H,21,22,23). The maximum Gasteiger partial charge on any atom is 0.274 e. The average Bonchev–Trinajstić information content (AvgIpc) is 2.55. The quantitative estimate of drug-likeness (QED) is 0.785. The Labute approximate surface area is 150 Å². The van der Waals surface area contributed by atoms with Crippen molar-refractivity contribution in [2.24, 2.45) is 5.92 Å². The summed E-state index contributed by atoms with van der Waals surface area (Å²) in [5, 5.41) is 6.23. The van der Waals surface area contributed by atoms with Gasteiger partial charge in [0.25, 0.3) is 5.91 Å². The van der Waals surface area contributed by atoms with Crippen molar-refractivity contribution >= 4 is 17.5 Å². The highest BCUT2D eigenvalue weighted by molar-refractivity contribution is 6.04. The van der Waals surface area contributed by atoms with Crippen LogP contribution in [0.5, 0.6) is 0 Å². The first-order chi connectivity index (χ1) is 11.9. The molecular formula is C20H28N4O. The lowest BCUT2D eigenvalue weighted by Gasteiger charge is -2.13. The fourth-order valence-electron chi connectivity index (χ4n) is 2.62. The molecule has 5 nitrogen and oxygen atoms in total. The van der Waals surface area contributed by atoms with Crippen molar-refractivity contribution in [1.29, 1.82) is 0 Å². The van der Waals surface area contributed by atoms with E-state index in [0.29, 0.717) is 17.6 Å². The van der Waals surface area contributed by atoms with Gasteiger partial charge in [0.15, 0.2) is 0 Å². The van der Waals surface area contributed by atoms with Crippen molar-refractivity contribution in [3.05, 3.63) is 46.8 Å². The minimum Gasteiger partial charge on any atom is -0.354 e. The van der Waals surface area contributed by atoms with Crippen molar-refractivity contribution < 1.29 is 4.79 Å². The van der Waals surface area contributed by atoms with E-state index in [0.717, 1.165) is 41.9 Å². The minimum atomic E-state index is -0.207. The molecule has 134 valence electrons. The summed E-state index contributed by atoms with van der Waals surface area (Å²) >= 11 is 0. The third kappa shape index (κ3) is 5.28. The summed E-state index contributed by atoms with van der Waals surface area (Å²) in [6.07, 6.45) is 1.89. The van der Waals surface area contributed by atoms with Crippen LogP contribution >= 0.6 is 0 Å². The summed E-state index contributed by atoms with van der Waals surface area (Å²) in [7, 11) is 0. The van der Waals surface area contributed by atoms with E-state index in [1.807, 2.05) is 32.0 Å². The van der Waals surface area contributed by atoms with Gasteiger partial charge in [-0.1, -0.05) is 39.0 Å². The van der Waals surface area contributed by atoms with E-state index >= 15 is 0 Å². The second-order valence-corrected chi connectivity index (χ2v) is 6.74. The van der Waals surface area contributed by atoms with E-state index in [4.69, 9.17) is 0 Å². The Morgan fingerprint density at radius 3 is 2.64 bits per heavy atom. The normalized spacial score (nSPS) is 10.8. The van der Waals surface area contributed by atoms with Crippen LogP contribution in [-0.4, -0.2) is 22.4 Å². The minimum absolute atomic E-state index is 0.207. The topological polar surface area (TPSA) is 66.9 Å². The predicted molar refractivity (Wildman–Crippen MR) is 103 cm³/mol. The third-order valence-corrected chi connectivity index (χ3v) is 4.07. The molecule has 0 atom stereocenters. The fraction of sp³-hybridized carbons (Fsp3) is 0.450. The average molecular weight is 340 g/mol. The number of carbonyl (C=O) groups is 1. The molecule has 2 N–H and O–H groups in total. The second kappa shape index (κ2) is 8.60. The zero-order valence-corrected chi connectivity index (χ0v) is 15.8. The van der Waals surface area contributed by atoms with Crippen molar-refractivity contribution in [3.63, 3.8) is 0 Å². The summed E-state index contributed by atoms with van der Waals surface area (Å²) in [5.41, 5.74) is 4.20. The summed E-state index contributed by atoms with van der Waals surface area (Å²) in [6, 6.07) is 7.76.